The van der Waals surface area contributed by atoms with Crippen molar-refractivity contribution in [2.45, 2.75) is 25.7 Å². The number of aryl methyl sites for hydroxylation is 1. The Morgan fingerprint density at radius 2 is 1.82 bits per heavy atom. The van der Waals surface area contributed by atoms with E-state index in [1.54, 1.807) is 29.8 Å². The zero-order valence-electron chi connectivity index (χ0n) is 15.4. The molecule has 0 radical (unpaired) electrons. The van der Waals surface area contributed by atoms with Crippen LogP contribution in [-0.4, -0.2) is 34.9 Å². The van der Waals surface area contributed by atoms with E-state index in [0.29, 0.717) is 30.8 Å². The Bertz CT molecular complexity index is 879. The third kappa shape index (κ3) is 6.24. The number of nitrogens with zero attached hydrogens (tertiary/aromatic N) is 2. The summed E-state index contributed by atoms with van der Waals surface area (Å²) >= 11 is 3.05. The van der Waals surface area contributed by atoms with Crippen LogP contribution in [0.4, 0.5) is 0 Å². The summed E-state index contributed by atoms with van der Waals surface area (Å²) in [6.45, 7) is 1.13. The Kier molecular flexibility index (Phi) is 7.69. The van der Waals surface area contributed by atoms with Gasteiger partial charge in [-0.15, -0.1) is 22.7 Å². The molecule has 0 saturated heterocycles. The average Bonchev–Trinajstić information content (AvgIpc) is 3.41. The third-order valence-electron chi connectivity index (χ3n) is 4.03. The molecule has 8 heteroatoms. The number of carbonyl (C=O) groups is 2. The summed E-state index contributed by atoms with van der Waals surface area (Å²) in [7, 11) is 0. The zero-order valence-corrected chi connectivity index (χ0v) is 17.0. The predicted octanol–water partition coefficient (Wildman–Crippen LogP) is 3.53. The van der Waals surface area contributed by atoms with E-state index in [1.807, 2.05) is 29.0 Å². The number of amides is 2. The molecule has 2 N–H and O–H groups in total. The standard InChI is InChI=1S/C20H22N4O2S2/c25-18(5-1-10-23-20(26)17-4-3-13-27-17)22-9-2-6-19-24-16(14-28-19)15-7-11-21-12-8-15/h3-4,7-8,11-14H,1-2,5-6,9-10H2,(H,22,25)(H,23,26). The van der Waals surface area contributed by atoms with E-state index in [0.717, 1.165) is 29.1 Å². The Morgan fingerprint density at radius 1 is 1.00 bits per heavy atom. The number of rotatable bonds is 10. The summed E-state index contributed by atoms with van der Waals surface area (Å²) in [5, 5.41) is 10.7. The molecular formula is C20H22N4O2S2. The SMILES string of the molecule is O=C(CCCNC(=O)c1cccs1)NCCCc1nc(-c2ccncc2)cs1. The second-order valence-corrected chi connectivity index (χ2v) is 8.04. The molecule has 0 aromatic carbocycles. The molecule has 146 valence electrons. The van der Waals surface area contributed by atoms with Gasteiger partial charge in [0.1, 0.15) is 0 Å². The quantitative estimate of drug-likeness (QED) is 0.497. The van der Waals surface area contributed by atoms with Gasteiger partial charge in [-0.05, 0) is 36.4 Å². The molecule has 3 heterocycles. The van der Waals surface area contributed by atoms with Crippen molar-refractivity contribution in [3.05, 3.63) is 57.3 Å². The summed E-state index contributed by atoms with van der Waals surface area (Å²) < 4.78 is 0. The van der Waals surface area contributed by atoms with Crippen molar-refractivity contribution in [1.82, 2.24) is 20.6 Å². The molecule has 0 spiro atoms. The van der Waals surface area contributed by atoms with Crippen LogP contribution in [0.25, 0.3) is 11.3 Å². The van der Waals surface area contributed by atoms with Gasteiger partial charge in [-0.3, -0.25) is 14.6 Å². The topological polar surface area (TPSA) is 84.0 Å². The lowest BCUT2D eigenvalue weighted by atomic mass is 10.2. The van der Waals surface area contributed by atoms with Gasteiger partial charge in [0, 0.05) is 49.3 Å². The minimum absolute atomic E-state index is 0.0157. The van der Waals surface area contributed by atoms with E-state index in [4.69, 9.17) is 0 Å². The number of hydrogen-bond donors (Lipinski definition) is 2. The number of thiophene rings is 1. The Morgan fingerprint density at radius 3 is 2.61 bits per heavy atom. The van der Waals surface area contributed by atoms with Gasteiger partial charge in [0.15, 0.2) is 0 Å². The van der Waals surface area contributed by atoms with Crippen LogP contribution in [0.2, 0.25) is 0 Å². The molecule has 0 saturated carbocycles. The molecule has 3 aromatic heterocycles. The van der Waals surface area contributed by atoms with Crippen LogP contribution < -0.4 is 10.6 Å². The van der Waals surface area contributed by atoms with Crippen LogP contribution in [-0.2, 0) is 11.2 Å². The molecule has 0 atom stereocenters. The zero-order chi connectivity index (χ0) is 19.6. The first-order valence-electron chi connectivity index (χ1n) is 9.15. The summed E-state index contributed by atoms with van der Waals surface area (Å²) in [6, 6.07) is 7.53. The van der Waals surface area contributed by atoms with E-state index in [9.17, 15) is 9.59 Å². The number of aromatic nitrogens is 2. The molecule has 3 rings (SSSR count). The first-order chi connectivity index (χ1) is 13.7. The maximum atomic E-state index is 11.9. The van der Waals surface area contributed by atoms with Gasteiger partial charge in [-0.1, -0.05) is 6.07 Å². The van der Waals surface area contributed by atoms with Crippen LogP contribution in [0.15, 0.2) is 47.4 Å². The summed E-state index contributed by atoms with van der Waals surface area (Å²) in [6.07, 6.45) is 6.25. The van der Waals surface area contributed by atoms with Crippen LogP contribution in [0, 0.1) is 0 Å². The van der Waals surface area contributed by atoms with E-state index >= 15 is 0 Å². The molecule has 0 bridgehead atoms. The number of thiazole rings is 1. The monoisotopic (exact) mass is 414 g/mol. The molecule has 3 aromatic rings. The summed E-state index contributed by atoms with van der Waals surface area (Å²) in [4.78, 5) is 33.0. The summed E-state index contributed by atoms with van der Waals surface area (Å²) in [5.41, 5.74) is 2.04. The van der Waals surface area contributed by atoms with E-state index in [-0.39, 0.29) is 11.8 Å². The normalized spacial score (nSPS) is 10.6. The van der Waals surface area contributed by atoms with Gasteiger partial charge in [-0.25, -0.2) is 4.98 Å². The first kappa shape index (κ1) is 20.2. The highest BCUT2D eigenvalue weighted by Gasteiger charge is 2.07. The second kappa shape index (κ2) is 10.7. The van der Waals surface area contributed by atoms with Crippen molar-refractivity contribution in [2.24, 2.45) is 0 Å². The smallest absolute Gasteiger partial charge is 0.261 e. The average molecular weight is 415 g/mol. The van der Waals surface area contributed by atoms with Crippen molar-refractivity contribution >= 4 is 34.5 Å². The molecule has 6 nitrogen and oxygen atoms in total. The first-order valence-corrected chi connectivity index (χ1v) is 10.9. The highest BCUT2D eigenvalue weighted by atomic mass is 32.1. The third-order valence-corrected chi connectivity index (χ3v) is 5.81. The molecule has 0 fully saturated rings. The molecule has 2 amide bonds. The number of hydrogen-bond acceptors (Lipinski definition) is 6. The Labute approximate surface area is 172 Å². The van der Waals surface area contributed by atoms with Gasteiger partial charge < -0.3 is 10.6 Å². The Balaban J connectivity index is 1.26. The van der Waals surface area contributed by atoms with Crippen LogP contribution in [0.1, 0.15) is 33.9 Å². The molecular weight excluding hydrogens is 392 g/mol. The van der Waals surface area contributed by atoms with Crippen molar-refractivity contribution in [3.8, 4) is 11.3 Å². The highest BCUT2D eigenvalue weighted by Crippen LogP contribution is 2.21. The molecule has 0 aliphatic carbocycles. The van der Waals surface area contributed by atoms with E-state index in [1.165, 1.54) is 11.3 Å². The maximum absolute atomic E-state index is 11.9. The van der Waals surface area contributed by atoms with Crippen LogP contribution >= 0.6 is 22.7 Å². The molecule has 28 heavy (non-hydrogen) atoms. The van der Waals surface area contributed by atoms with E-state index in [2.05, 4.69) is 20.6 Å². The number of carbonyl (C=O) groups excluding carboxylic acids is 2. The van der Waals surface area contributed by atoms with Crippen molar-refractivity contribution in [3.63, 3.8) is 0 Å². The largest absolute Gasteiger partial charge is 0.356 e. The van der Waals surface area contributed by atoms with Crippen molar-refractivity contribution in [1.29, 1.82) is 0 Å². The van der Waals surface area contributed by atoms with Crippen LogP contribution in [0.3, 0.4) is 0 Å². The van der Waals surface area contributed by atoms with Gasteiger partial charge in [0.25, 0.3) is 5.91 Å². The van der Waals surface area contributed by atoms with Crippen molar-refractivity contribution < 1.29 is 9.59 Å². The fourth-order valence-electron chi connectivity index (χ4n) is 2.58. The lowest BCUT2D eigenvalue weighted by molar-refractivity contribution is -0.121. The number of pyridine rings is 1. The fourth-order valence-corrected chi connectivity index (χ4v) is 4.07. The van der Waals surface area contributed by atoms with Gasteiger partial charge >= 0.3 is 0 Å². The van der Waals surface area contributed by atoms with Gasteiger partial charge in [0.2, 0.25) is 5.91 Å². The van der Waals surface area contributed by atoms with Gasteiger partial charge in [-0.2, -0.15) is 0 Å². The maximum Gasteiger partial charge on any atom is 0.261 e. The lowest BCUT2D eigenvalue weighted by Gasteiger charge is -2.05. The highest BCUT2D eigenvalue weighted by molar-refractivity contribution is 7.12. The fraction of sp³-hybridized carbons (Fsp3) is 0.300. The van der Waals surface area contributed by atoms with E-state index < -0.39 is 0 Å². The molecule has 0 aliphatic rings. The van der Waals surface area contributed by atoms with Gasteiger partial charge in [0.05, 0.1) is 15.6 Å². The second-order valence-electron chi connectivity index (χ2n) is 6.15. The summed E-state index contributed by atoms with van der Waals surface area (Å²) in [5.74, 6) is -0.0630. The van der Waals surface area contributed by atoms with Crippen molar-refractivity contribution in [2.75, 3.05) is 13.1 Å². The Hall–Kier alpha value is -2.58. The minimum Gasteiger partial charge on any atom is -0.356 e. The predicted molar refractivity (Wildman–Crippen MR) is 113 cm³/mol. The lowest BCUT2D eigenvalue weighted by Crippen LogP contribution is -2.27. The number of nitrogens with one attached hydrogen (secondary N) is 2. The van der Waals surface area contributed by atoms with Crippen LogP contribution in [0.5, 0.6) is 0 Å². The minimum atomic E-state index is -0.0787. The molecule has 0 aliphatic heterocycles. The molecule has 0 unspecified atom stereocenters.